The first-order valence-electron chi connectivity index (χ1n) is 10.2. The summed E-state index contributed by atoms with van der Waals surface area (Å²) in [6, 6.07) is 9.13. The van der Waals surface area contributed by atoms with E-state index in [1.165, 1.54) is 37.4 Å². The Hall–Kier alpha value is -2.77. The number of nitrogens with zero attached hydrogens (tertiary/aromatic N) is 2. The van der Waals surface area contributed by atoms with E-state index < -0.39 is 29.6 Å². The number of carbonyl (C=O) groups excluding carboxylic acids is 3. The molecule has 0 bridgehead atoms. The highest BCUT2D eigenvalue weighted by atomic mass is 35.5. The third-order valence-electron chi connectivity index (χ3n) is 6.63. The third kappa shape index (κ3) is 2.98. The van der Waals surface area contributed by atoms with E-state index in [-0.39, 0.29) is 23.4 Å². The average molecular weight is 443 g/mol. The fourth-order valence-electron chi connectivity index (χ4n) is 5.38. The predicted octanol–water partition coefficient (Wildman–Crippen LogP) is 3.32. The molecule has 0 spiro atoms. The smallest absolute Gasteiger partial charge is 0.239 e. The molecule has 3 heterocycles. The lowest BCUT2D eigenvalue weighted by Gasteiger charge is -2.28. The predicted molar refractivity (Wildman–Crippen MR) is 112 cm³/mol. The zero-order chi connectivity index (χ0) is 21.9. The van der Waals surface area contributed by atoms with Gasteiger partial charge in [-0.15, -0.1) is 0 Å². The highest BCUT2D eigenvalue weighted by molar-refractivity contribution is 6.32. The molecule has 160 valence electrons. The van der Waals surface area contributed by atoms with Crippen molar-refractivity contribution >= 4 is 34.9 Å². The van der Waals surface area contributed by atoms with Gasteiger partial charge in [-0.1, -0.05) is 11.6 Å². The number of imide groups is 1. The Morgan fingerprint density at radius 2 is 1.81 bits per heavy atom. The van der Waals surface area contributed by atoms with E-state index in [0.717, 1.165) is 17.7 Å². The van der Waals surface area contributed by atoms with Crippen LogP contribution in [0.15, 0.2) is 42.5 Å². The van der Waals surface area contributed by atoms with Crippen molar-refractivity contribution in [3.63, 3.8) is 0 Å². The van der Waals surface area contributed by atoms with Gasteiger partial charge in [-0.3, -0.25) is 19.3 Å². The van der Waals surface area contributed by atoms with E-state index in [0.29, 0.717) is 22.9 Å². The van der Waals surface area contributed by atoms with Crippen LogP contribution in [0.1, 0.15) is 23.2 Å². The van der Waals surface area contributed by atoms with E-state index >= 15 is 0 Å². The van der Waals surface area contributed by atoms with Crippen molar-refractivity contribution in [1.82, 2.24) is 4.90 Å². The number of anilines is 1. The van der Waals surface area contributed by atoms with Gasteiger partial charge in [-0.2, -0.15) is 0 Å². The van der Waals surface area contributed by atoms with E-state index in [1.54, 1.807) is 12.1 Å². The maximum Gasteiger partial charge on any atom is 0.239 e. The van der Waals surface area contributed by atoms with Crippen LogP contribution in [0.3, 0.4) is 0 Å². The van der Waals surface area contributed by atoms with Crippen molar-refractivity contribution in [1.29, 1.82) is 0 Å². The molecule has 31 heavy (non-hydrogen) atoms. The maximum atomic E-state index is 13.6. The Morgan fingerprint density at radius 1 is 1.10 bits per heavy atom. The largest absolute Gasteiger partial charge is 0.495 e. The van der Waals surface area contributed by atoms with Gasteiger partial charge in [0.15, 0.2) is 5.78 Å². The molecule has 8 heteroatoms. The zero-order valence-electron chi connectivity index (χ0n) is 16.8. The van der Waals surface area contributed by atoms with Crippen molar-refractivity contribution in [2.45, 2.75) is 24.9 Å². The van der Waals surface area contributed by atoms with E-state index in [1.807, 2.05) is 4.90 Å². The standard InChI is InChI=1S/C23H20ClFN2O4/c1-31-17-9-6-13(24)11-16(17)27-22(29)18-15-3-2-10-26(15)20(19(18)23(27)30)21(28)12-4-7-14(25)8-5-12/h4-9,11,15,18-20H,2-3,10H2,1H3/t15-,18+,19-,20+/m1/s1. The molecule has 3 fully saturated rings. The number of hydrogen-bond donors (Lipinski definition) is 0. The molecule has 3 saturated heterocycles. The Morgan fingerprint density at radius 3 is 2.52 bits per heavy atom. The quantitative estimate of drug-likeness (QED) is 0.536. The lowest BCUT2D eigenvalue weighted by molar-refractivity contribution is -0.123. The number of methoxy groups -OCH3 is 1. The molecular weight excluding hydrogens is 423 g/mol. The molecule has 0 aromatic heterocycles. The zero-order valence-corrected chi connectivity index (χ0v) is 17.5. The monoisotopic (exact) mass is 442 g/mol. The summed E-state index contributed by atoms with van der Waals surface area (Å²) in [5.74, 6) is -2.50. The number of ether oxygens (including phenoxy) is 1. The minimum absolute atomic E-state index is 0.175. The Bertz CT molecular complexity index is 1090. The lowest BCUT2D eigenvalue weighted by Crippen LogP contribution is -2.46. The number of Topliss-reactive ketones (excluding diaryl/α,β-unsaturated/α-hetero) is 1. The van der Waals surface area contributed by atoms with Gasteiger partial charge >= 0.3 is 0 Å². The number of halogens is 2. The number of hydrogen-bond acceptors (Lipinski definition) is 5. The molecule has 3 aliphatic rings. The van der Waals surface area contributed by atoms with E-state index in [9.17, 15) is 18.8 Å². The van der Waals surface area contributed by atoms with Crippen LogP contribution in [0.4, 0.5) is 10.1 Å². The van der Waals surface area contributed by atoms with Gasteiger partial charge < -0.3 is 4.74 Å². The summed E-state index contributed by atoms with van der Waals surface area (Å²) >= 11 is 6.13. The van der Waals surface area contributed by atoms with Crippen LogP contribution in [0.5, 0.6) is 5.75 Å². The first-order valence-corrected chi connectivity index (χ1v) is 10.6. The summed E-state index contributed by atoms with van der Waals surface area (Å²) in [5.41, 5.74) is 0.619. The van der Waals surface area contributed by atoms with Gasteiger partial charge in [0, 0.05) is 16.6 Å². The molecule has 5 rings (SSSR count). The second kappa shape index (κ2) is 7.43. The fourth-order valence-corrected chi connectivity index (χ4v) is 5.54. The fraction of sp³-hybridized carbons (Fsp3) is 0.348. The van der Waals surface area contributed by atoms with Crippen molar-refractivity contribution in [2.75, 3.05) is 18.6 Å². The van der Waals surface area contributed by atoms with Crippen LogP contribution in [0.2, 0.25) is 5.02 Å². The molecule has 0 N–H and O–H groups in total. The summed E-state index contributed by atoms with van der Waals surface area (Å²) < 4.78 is 18.7. The van der Waals surface area contributed by atoms with Crippen molar-refractivity contribution < 1.29 is 23.5 Å². The molecule has 3 aliphatic heterocycles. The van der Waals surface area contributed by atoms with Crippen LogP contribution < -0.4 is 9.64 Å². The van der Waals surface area contributed by atoms with Crippen LogP contribution in [-0.2, 0) is 9.59 Å². The molecule has 0 unspecified atom stereocenters. The second-order valence-electron chi connectivity index (χ2n) is 8.14. The van der Waals surface area contributed by atoms with Crippen LogP contribution >= 0.6 is 11.6 Å². The molecular formula is C23H20ClFN2O4. The number of amides is 2. The topological polar surface area (TPSA) is 66.9 Å². The molecule has 0 saturated carbocycles. The SMILES string of the molecule is COc1ccc(Cl)cc1N1C(=O)[C@@H]2[C@@H](C1=O)[C@@H](C(=O)c1ccc(F)cc1)N1CCC[C@H]21. The summed E-state index contributed by atoms with van der Waals surface area (Å²) in [6.45, 7) is 0.649. The summed E-state index contributed by atoms with van der Waals surface area (Å²) in [5, 5.41) is 0.370. The van der Waals surface area contributed by atoms with Gasteiger partial charge in [0.1, 0.15) is 11.6 Å². The highest BCUT2D eigenvalue weighted by Crippen LogP contribution is 2.49. The van der Waals surface area contributed by atoms with Crippen molar-refractivity contribution in [3.05, 3.63) is 58.9 Å². The maximum absolute atomic E-state index is 13.6. The molecule has 0 radical (unpaired) electrons. The van der Waals surface area contributed by atoms with E-state index in [4.69, 9.17) is 16.3 Å². The number of benzene rings is 2. The summed E-state index contributed by atoms with van der Waals surface area (Å²) in [4.78, 5) is 43.6. The van der Waals surface area contributed by atoms with E-state index in [2.05, 4.69) is 0 Å². The number of rotatable bonds is 4. The van der Waals surface area contributed by atoms with Gasteiger partial charge in [0.25, 0.3) is 0 Å². The molecule has 2 aromatic rings. The second-order valence-corrected chi connectivity index (χ2v) is 8.58. The van der Waals surface area contributed by atoms with Gasteiger partial charge in [-0.05, 0) is 61.9 Å². The highest BCUT2D eigenvalue weighted by Gasteiger charge is 2.65. The van der Waals surface area contributed by atoms with Gasteiger partial charge in [0.2, 0.25) is 11.8 Å². The first-order chi connectivity index (χ1) is 14.9. The molecule has 2 aromatic carbocycles. The number of fused-ring (bicyclic) bond motifs is 3. The molecule has 4 atom stereocenters. The van der Waals surface area contributed by atoms with Crippen LogP contribution in [0, 0.1) is 17.7 Å². The minimum Gasteiger partial charge on any atom is -0.495 e. The average Bonchev–Trinajstić information content (AvgIpc) is 3.40. The first kappa shape index (κ1) is 20.2. The van der Waals surface area contributed by atoms with Gasteiger partial charge in [-0.25, -0.2) is 9.29 Å². The Labute approximate surface area is 183 Å². The molecule has 0 aliphatic carbocycles. The summed E-state index contributed by atoms with van der Waals surface area (Å²) in [6.07, 6.45) is 1.59. The lowest BCUT2D eigenvalue weighted by atomic mass is 9.85. The number of carbonyl (C=O) groups is 3. The third-order valence-corrected chi connectivity index (χ3v) is 6.87. The number of ketones is 1. The molecule has 6 nitrogen and oxygen atoms in total. The van der Waals surface area contributed by atoms with Gasteiger partial charge in [0.05, 0.1) is 30.7 Å². The molecule has 2 amide bonds. The van der Waals surface area contributed by atoms with Crippen molar-refractivity contribution in [2.24, 2.45) is 11.8 Å². The van der Waals surface area contributed by atoms with Crippen LogP contribution in [0.25, 0.3) is 0 Å². The van der Waals surface area contributed by atoms with Crippen molar-refractivity contribution in [3.8, 4) is 5.75 Å². The van der Waals surface area contributed by atoms with Crippen LogP contribution in [-0.4, -0.2) is 48.2 Å². The normalized spacial score (nSPS) is 27.5. The Kier molecular flexibility index (Phi) is 4.83. The minimum atomic E-state index is -0.793. The summed E-state index contributed by atoms with van der Waals surface area (Å²) in [7, 11) is 1.46. The Balaban J connectivity index is 1.57.